The highest BCUT2D eigenvalue weighted by Gasteiger charge is 2.40. The minimum Gasteiger partial charge on any atom is -0.482 e. The molecule has 0 fully saturated rings. The standard InChI is InChI=1S/C28H43IN2O5/c1-4-5-6-7-8-13-26(33)31(16-14-20(2)3)23-18-21(28(35)30-15-17-32)19-25(27(23)34)36-24-12-10-9-11-22(24)29/h9-12,19-20,23,25,27,32,34H,4-8,13-18H2,1-3H3,(H,30,35). The summed E-state index contributed by atoms with van der Waals surface area (Å²) in [4.78, 5) is 28.1. The first-order chi connectivity index (χ1) is 17.3. The summed E-state index contributed by atoms with van der Waals surface area (Å²) in [7, 11) is 0. The number of ether oxygens (including phenoxy) is 1. The summed E-state index contributed by atoms with van der Waals surface area (Å²) < 4.78 is 7.09. The van der Waals surface area contributed by atoms with Crippen molar-refractivity contribution in [2.75, 3.05) is 19.7 Å². The normalized spacial score (nSPS) is 19.6. The number of halogens is 1. The fourth-order valence-corrected chi connectivity index (χ4v) is 4.88. The molecule has 7 nitrogen and oxygen atoms in total. The first-order valence-corrected chi connectivity index (χ1v) is 14.3. The maximum atomic E-state index is 13.4. The van der Waals surface area contributed by atoms with E-state index in [-0.39, 0.29) is 31.4 Å². The number of carbonyl (C=O) groups excluding carboxylic acids is 2. The second kappa shape index (κ2) is 16.2. The van der Waals surface area contributed by atoms with Gasteiger partial charge < -0.3 is 25.2 Å². The van der Waals surface area contributed by atoms with Crippen LogP contribution < -0.4 is 10.1 Å². The molecule has 202 valence electrons. The zero-order valence-electron chi connectivity index (χ0n) is 21.9. The van der Waals surface area contributed by atoms with Gasteiger partial charge in [-0.05, 0) is 59.6 Å². The third-order valence-corrected chi connectivity index (χ3v) is 7.37. The van der Waals surface area contributed by atoms with E-state index < -0.39 is 18.2 Å². The van der Waals surface area contributed by atoms with Crippen LogP contribution in [0.5, 0.6) is 5.75 Å². The van der Waals surface area contributed by atoms with E-state index in [0.717, 1.165) is 35.7 Å². The van der Waals surface area contributed by atoms with Gasteiger partial charge in [-0.15, -0.1) is 0 Å². The first-order valence-electron chi connectivity index (χ1n) is 13.3. The molecule has 1 aliphatic rings. The molecule has 8 heteroatoms. The second-order valence-electron chi connectivity index (χ2n) is 9.88. The number of para-hydroxylation sites is 1. The van der Waals surface area contributed by atoms with Gasteiger partial charge in [0, 0.05) is 31.5 Å². The zero-order chi connectivity index (χ0) is 26.5. The number of rotatable bonds is 15. The smallest absolute Gasteiger partial charge is 0.247 e. The molecule has 0 saturated carbocycles. The number of nitrogens with zero attached hydrogens (tertiary/aromatic N) is 1. The SMILES string of the molecule is CCCCCCCC(=O)N(CCC(C)C)C1CC(C(=O)NCCO)=CC(Oc2ccccc2I)C1O. The molecular weight excluding hydrogens is 571 g/mol. The van der Waals surface area contributed by atoms with E-state index in [1.807, 2.05) is 24.3 Å². The Morgan fingerprint density at radius 3 is 2.58 bits per heavy atom. The van der Waals surface area contributed by atoms with Crippen molar-refractivity contribution in [1.29, 1.82) is 0 Å². The number of carbonyl (C=O) groups is 2. The monoisotopic (exact) mass is 614 g/mol. The van der Waals surface area contributed by atoms with Gasteiger partial charge in [0.2, 0.25) is 11.8 Å². The second-order valence-corrected chi connectivity index (χ2v) is 11.0. The Morgan fingerprint density at radius 1 is 1.19 bits per heavy atom. The number of unbranched alkanes of at least 4 members (excludes halogenated alkanes) is 4. The van der Waals surface area contributed by atoms with E-state index in [4.69, 9.17) is 9.84 Å². The van der Waals surface area contributed by atoms with Crippen molar-refractivity contribution < 1.29 is 24.5 Å². The average molecular weight is 615 g/mol. The van der Waals surface area contributed by atoms with Crippen LogP contribution in [-0.2, 0) is 9.59 Å². The number of benzene rings is 1. The van der Waals surface area contributed by atoms with Crippen LogP contribution in [0.15, 0.2) is 35.9 Å². The Bertz CT molecular complexity index is 860. The summed E-state index contributed by atoms with van der Waals surface area (Å²) in [5.41, 5.74) is 0.458. The molecule has 1 aromatic rings. The predicted molar refractivity (Wildman–Crippen MR) is 151 cm³/mol. The number of aliphatic hydroxyl groups is 2. The summed E-state index contributed by atoms with van der Waals surface area (Å²) in [5, 5.41) is 23.3. The molecule has 0 bridgehead atoms. The number of hydrogen-bond donors (Lipinski definition) is 3. The molecule has 3 unspecified atom stereocenters. The molecule has 0 aromatic heterocycles. The molecule has 0 saturated heterocycles. The van der Waals surface area contributed by atoms with Gasteiger partial charge in [-0.1, -0.05) is 58.6 Å². The molecule has 3 atom stereocenters. The van der Waals surface area contributed by atoms with Crippen LogP contribution in [0.1, 0.15) is 72.1 Å². The average Bonchev–Trinajstić information content (AvgIpc) is 2.85. The Morgan fingerprint density at radius 2 is 1.92 bits per heavy atom. The Kier molecular flexibility index (Phi) is 13.8. The van der Waals surface area contributed by atoms with Crippen LogP contribution in [0.25, 0.3) is 0 Å². The van der Waals surface area contributed by atoms with Gasteiger partial charge in [0.1, 0.15) is 18.0 Å². The quantitative estimate of drug-likeness (QED) is 0.201. The molecule has 0 aliphatic heterocycles. The highest BCUT2D eigenvalue weighted by Crippen LogP contribution is 2.30. The Hall–Kier alpha value is -1.65. The summed E-state index contributed by atoms with van der Waals surface area (Å²) in [6.45, 7) is 6.89. The van der Waals surface area contributed by atoms with E-state index in [2.05, 4.69) is 48.7 Å². The minimum absolute atomic E-state index is 0.0151. The first kappa shape index (κ1) is 30.6. The van der Waals surface area contributed by atoms with Crippen LogP contribution in [0.2, 0.25) is 0 Å². The molecular formula is C28H43IN2O5. The maximum Gasteiger partial charge on any atom is 0.247 e. The molecule has 2 amide bonds. The highest BCUT2D eigenvalue weighted by molar-refractivity contribution is 14.1. The van der Waals surface area contributed by atoms with Crippen LogP contribution in [0, 0.1) is 9.49 Å². The molecule has 0 heterocycles. The molecule has 0 radical (unpaired) electrons. The Labute approximate surface area is 229 Å². The zero-order valence-corrected chi connectivity index (χ0v) is 24.1. The molecule has 1 aliphatic carbocycles. The molecule has 1 aromatic carbocycles. The van der Waals surface area contributed by atoms with Gasteiger partial charge >= 0.3 is 0 Å². The van der Waals surface area contributed by atoms with E-state index in [0.29, 0.717) is 30.2 Å². The number of aliphatic hydroxyl groups excluding tert-OH is 2. The van der Waals surface area contributed by atoms with E-state index in [9.17, 15) is 14.7 Å². The molecule has 0 spiro atoms. The fourth-order valence-electron chi connectivity index (χ4n) is 4.36. The number of nitrogens with one attached hydrogen (secondary N) is 1. The summed E-state index contributed by atoms with van der Waals surface area (Å²) in [6, 6.07) is 6.94. The van der Waals surface area contributed by atoms with Crippen LogP contribution >= 0.6 is 22.6 Å². The van der Waals surface area contributed by atoms with Gasteiger partial charge in [0.25, 0.3) is 0 Å². The van der Waals surface area contributed by atoms with Crippen molar-refractivity contribution >= 4 is 34.4 Å². The van der Waals surface area contributed by atoms with Crippen molar-refractivity contribution in [3.8, 4) is 5.75 Å². The largest absolute Gasteiger partial charge is 0.482 e. The van der Waals surface area contributed by atoms with E-state index in [1.54, 1.807) is 11.0 Å². The topological polar surface area (TPSA) is 99.1 Å². The lowest BCUT2D eigenvalue weighted by atomic mass is 9.87. The van der Waals surface area contributed by atoms with Crippen molar-refractivity contribution in [2.24, 2.45) is 5.92 Å². The predicted octanol–water partition coefficient (Wildman–Crippen LogP) is 4.44. The maximum absolute atomic E-state index is 13.4. The van der Waals surface area contributed by atoms with Gasteiger partial charge in [-0.2, -0.15) is 0 Å². The third kappa shape index (κ3) is 9.67. The van der Waals surface area contributed by atoms with Crippen molar-refractivity contribution in [3.63, 3.8) is 0 Å². The van der Waals surface area contributed by atoms with Gasteiger partial charge in [0.05, 0.1) is 16.2 Å². The summed E-state index contributed by atoms with van der Waals surface area (Å²) >= 11 is 2.18. The molecule has 3 N–H and O–H groups in total. The van der Waals surface area contributed by atoms with Crippen LogP contribution in [0.4, 0.5) is 0 Å². The van der Waals surface area contributed by atoms with Gasteiger partial charge in [-0.25, -0.2) is 0 Å². The van der Waals surface area contributed by atoms with Crippen molar-refractivity contribution in [3.05, 3.63) is 39.5 Å². The summed E-state index contributed by atoms with van der Waals surface area (Å²) in [5.74, 6) is 0.714. The van der Waals surface area contributed by atoms with Crippen LogP contribution in [0.3, 0.4) is 0 Å². The highest BCUT2D eigenvalue weighted by atomic mass is 127. The molecule has 36 heavy (non-hydrogen) atoms. The van der Waals surface area contributed by atoms with Gasteiger partial charge in [0.15, 0.2) is 0 Å². The minimum atomic E-state index is -0.980. The lowest BCUT2D eigenvalue weighted by molar-refractivity contribution is -0.139. The Balaban J connectivity index is 2.30. The van der Waals surface area contributed by atoms with E-state index >= 15 is 0 Å². The number of amides is 2. The third-order valence-electron chi connectivity index (χ3n) is 6.48. The lowest BCUT2D eigenvalue weighted by Crippen LogP contribution is -2.55. The number of hydrogen-bond acceptors (Lipinski definition) is 5. The fraction of sp³-hybridized carbons (Fsp3) is 0.643. The van der Waals surface area contributed by atoms with Gasteiger partial charge in [-0.3, -0.25) is 9.59 Å². The lowest BCUT2D eigenvalue weighted by Gasteiger charge is -2.41. The van der Waals surface area contributed by atoms with E-state index in [1.165, 1.54) is 6.42 Å². The van der Waals surface area contributed by atoms with Crippen molar-refractivity contribution in [1.82, 2.24) is 10.2 Å². The summed E-state index contributed by atoms with van der Waals surface area (Å²) in [6.07, 6.45) is 6.64. The molecule has 2 rings (SSSR count). The van der Waals surface area contributed by atoms with Crippen LogP contribution in [-0.4, -0.2) is 64.9 Å². The van der Waals surface area contributed by atoms with Crippen molar-refractivity contribution in [2.45, 2.75) is 90.4 Å².